The number of Topliss-reactive ketones (excluding diaryl/α,β-unsaturated/α-hetero) is 1. The highest BCUT2D eigenvalue weighted by Gasteiger charge is 2.39. The number of unbranched alkanes of at least 4 members (excludes halogenated alkanes) is 11. The quantitative estimate of drug-likeness (QED) is 0.0176. The molecule has 0 amide bonds. The lowest BCUT2D eigenvalue weighted by atomic mass is 9.90. The molecule has 13 nitrogen and oxygen atoms in total. The zero-order chi connectivity index (χ0) is 42.9. The topological polar surface area (TPSA) is 206 Å². The van der Waals surface area contributed by atoms with Crippen molar-refractivity contribution in [2.24, 2.45) is 11.8 Å². The van der Waals surface area contributed by atoms with Gasteiger partial charge in [0.15, 0.2) is 6.10 Å². The Morgan fingerprint density at radius 3 is 2.09 bits per heavy atom. The number of carbonyl (C=O) groups is 3. The van der Waals surface area contributed by atoms with Gasteiger partial charge in [-0.3, -0.25) is 23.4 Å². The molecule has 0 aromatic rings. The van der Waals surface area contributed by atoms with E-state index >= 15 is 0 Å². The van der Waals surface area contributed by atoms with Crippen LogP contribution in [0.4, 0.5) is 0 Å². The summed E-state index contributed by atoms with van der Waals surface area (Å²) in [6.45, 7) is 1.91. The van der Waals surface area contributed by atoms with Gasteiger partial charge in [-0.05, 0) is 64.2 Å². The van der Waals surface area contributed by atoms with E-state index in [1.54, 1.807) is 12.2 Å². The van der Waals surface area contributed by atoms with Crippen LogP contribution in [-0.2, 0) is 37.5 Å². The van der Waals surface area contributed by atoms with E-state index in [1.807, 2.05) is 12.2 Å². The van der Waals surface area contributed by atoms with E-state index in [2.05, 4.69) is 42.7 Å². The van der Waals surface area contributed by atoms with Gasteiger partial charge in [-0.1, -0.05) is 114 Å². The molecule has 1 rings (SSSR count). The fourth-order valence-electron chi connectivity index (χ4n) is 6.36. The van der Waals surface area contributed by atoms with Crippen LogP contribution in [0.1, 0.15) is 149 Å². The Morgan fingerprint density at radius 1 is 0.776 bits per heavy atom. The van der Waals surface area contributed by atoms with E-state index < -0.39 is 76.5 Å². The fraction of sp³-hybridized carbons (Fsp3) is 0.750. The number of hydrogen-bond acceptors (Lipinski definition) is 12. The zero-order valence-corrected chi connectivity index (χ0v) is 36.1. The highest BCUT2D eigenvalue weighted by atomic mass is 31.2. The molecule has 5 N–H and O–H groups in total. The number of aliphatic hydroxyl groups excluding tert-OH is 4. The van der Waals surface area contributed by atoms with Crippen LogP contribution in [0.2, 0.25) is 0 Å². The van der Waals surface area contributed by atoms with Gasteiger partial charge in [-0.15, -0.1) is 0 Å². The summed E-state index contributed by atoms with van der Waals surface area (Å²) in [4.78, 5) is 47.6. The molecular formula is C44H75O13P. The summed E-state index contributed by atoms with van der Waals surface area (Å²) >= 11 is 0. The van der Waals surface area contributed by atoms with E-state index in [9.17, 15) is 39.2 Å². The number of phosphoric ester groups is 1. The molecule has 0 aromatic heterocycles. The Hall–Kier alpha value is -2.48. The van der Waals surface area contributed by atoms with Crippen molar-refractivity contribution in [1.82, 2.24) is 0 Å². The molecule has 0 aromatic carbocycles. The Bertz CT molecular complexity index is 1270. The molecule has 0 spiro atoms. The molecule has 0 bridgehead atoms. The largest absolute Gasteiger partial charge is 0.472 e. The number of hydrogen-bond donors (Lipinski definition) is 5. The Kier molecular flexibility index (Phi) is 31.6. The highest BCUT2D eigenvalue weighted by Crippen LogP contribution is 2.43. The van der Waals surface area contributed by atoms with Gasteiger partial charge in [-0.2, -0.15) is 0 Å². The number of carbonyl (C=O) groups excluding carboxylic acids is 3. The minimum Gasteiger partial charge on any atom is -0.462 e. The van der Waals surface area contributed by atoms with E-state index in [1.165, 1.54) is 19.3 Å². The first-order chi connectivity index (χ1) is 27.9. The number of esters is 2. The van der Waals surface area contributed by atoms with E-state index in [0.717, 1.165) is 64.2 Å². The molecule has 334 valence electrons. The maximum absolute atomic E-state index is 12.6. The Balaban J connectivity index is 2.49. The van der Waals surface area contributed by atoms with Crippen LogP contribution in [0.25, 0.3) is 0 Å². The first-order valence-corrected chi connectivity index (χ1v) is 23.2. The third kappa shape index (κ3) is 28.1. The molecule has 1 fully saturated rings. The highest BCUT2D eigenvalue weighted by molar-refractivity contribution is 7.47. The Morgan fingerprint density at radius 2 is 1.38 bits per heavy atom. The molecule has 0 aliphatic heterocycles. The minimum atomic E-state index is -4.69. The molecule has 1 saturated carbocycles. The predicted octanol–water partition coefficient (Wildman–Crippen LogP) is 7.92. The maximum Gasteiger partial charge on any atom is 0.472 e. The number of allylic oxidation sites excluding steroid dienone is 7. The van der Waals surface area contributed by atoms with Crippen LogP contribution >= 0.6 is 7.82 Å². The van der Waals surface area contributed by atoms with Gasteiger partial charge in [0.2, 0.25) is 0 Å². The molecule has 58 heavy (non-hydrogen) atoms. The number of aliphatic hydroxyl groups is 4. The fourth-order valence-corrected chi connectivity index (χ4v) is 7.15. The second kappa shape index (κ2) is 34.3. The van der Waals surface area contributed by atoms with Gasteiger partial charge in [0.25, 0.3) is 0 Å². The van der Waals surface area contributed by atoms with Crippen molar-refractivity contribution >= 4 is 25.5 Å². The third-order valence-corrected chi connectivity index (χ3v) is 10.8. The van der Waals surface area contributed by atoms with Crippen LogP contribution in [0.5, 0.6) is 0 Å². The van der Waals surface area contributed by atoms with Crippen molar-refractivity contribution in [3.8, 4) is 0 Å². The lowest BCUT2D eigenvalue weighted by molar-refractivity contribution is -0.161. The van der Waals surface area contributed by atoms with Gasteiger partial charge in [0, 0.05) is 31.1 Å². The molecule has 0 radical (unpaired) electrons. The average Bonchev–Trinajstić information content (AvgIpc) is 3.47. The van der Waals surface area contributed by atoms with Crippen LogP contribution in [0, 0.1) is 11.8 Å². The van der Waals surface area contributed by atoms with Crippen molar-refractivity contribution in [2.45, 2.75) is 173 Å². The third-order valence-electron chi connectivity index (χ3n) is 9.83. The van der Waals surface area contributed by atoms with Crippen molar-refractivity contribution < 1.29 is 62.8 Å². The molecule has 1 aliphatic carbocycles. The van der Waals surface area contributed by atoms with Crippen LogP contribution in [0.15, 0.2) is 48.6 Å². The first kappa shape index (κ1) is 53.5. The van der Waals surface area contributed by atoms with Gasteiger partial charge in [0.1, 0.15) is 18.5 Å². The van der Waals surface area contributed by atoms with Crippen molar-refractivity contribution in [1.29, 1.82) is 0 Å². The monoisotopic (exact) mass is 842 g/mol. The van der Waals surface area contributed by atoms with E-state index in [4.69, 9.17) is 19.1 Å². The molecule has 0 saturated heterocycles. The summed E-state index contributed by atoms with van der Waals surface area (Å²) in [5.41, 5.74) is 0. The lowest BCUT2D eigenvalue weighted by Crippen LogP contribution is -2.29. The van der Waals surface area contributed by atoms with Gasteiger partial charge >= 0.3 is 19.8 Å². The summed E-state index contributed by atoms with van der Waals surface area (Å²) in [5.74, 6) is -1.93. The van der Waals surface area contributed by atoms with E-state index in [0.29, 0.717) is 32.1 Å². The van der Waals surface area contributed by atoms with Crippen LogP contribution in [0.3, 0.4) is 0 Å². The summed E-state index contributed by atoms with van der Waals surface area (Å²) in [6.07, 6.45) is 28.7. The minimum absolute atomic E-state index is 0.0450. The van der Waals surface area contributed by atoms with Crippen molar-refractivity contribution in [2.75, 3.05) is 26.4 Å². The van der Waals surface area contributed by atoms with Crippen LogP contribution < -0.4 is 0 Å². The molecule has 0 heterocycles. The van der Waals surface area contributed by atoms with E-state index in [-0.39, 0.29) is 31.0 Å². The molecule has 1 unspecified atom stereocenters. The zero-order valence-electron chi connectivity index (χ0n) is 35.2. The number of ether oxygens (including phenoxy) is 2. The molecule has 1 aliphatic rings. The summed E-state index contributed by atoms with van der Waals surface area (Å²) in [5, 5.41) is 39.0. The van der Waals surface area contributed by atoms with Gasteiger partial charge in [0.05, 0.1) is 32.0 Å². The number of ketones is 1. The lowest BCUT2D eigenvalue weighted by Gasteiger charge is -2.20. The standard InChI is InChI=1S/C44H75O13P/c1-3-5-7-8-9-10-11-12-13-14-15-16-17-18-24-28-44(51)57-38(35-56-58(52,53)55-33-37(47)32-45)34-54-43(50)27-23-20-19-22-26-39-40(42(49)31-41(39)48)30-29-36(46)25-21-6-4-2/h9-10,12-13,19,22,29-30,36-41,45-48H,3-8,11,14-18,20-21,23-28,31-35H2,1-2H3,(H,52,53)/b10-9-,13-12-,22-19-,30-29+/t36-,37-,38+,39+,40+,41-/m0/s1. The average molecular weight is 843 g/mol. The second-order valence-corrected chi connectivity index (χ2v) is 16.6. The van der Waals surface area contributed by atoms with Crippen molar-refractivity contribution in [3.63, 3.8) is 0 Å². The van der Waals surface area contributed by atoms with Gasteiger partial charge in [-0.25, -0.2) is 4.57 Å². The Labute approximate surface area is 347 Å². The second-order valence-electron chi connectivity index (χ2n) is 15.1. The summed E-state index contributed by atoms with van der Waals surface area (Å²) in [6, 6.07) is 0. The SMILES string of the molecule is CCCCC/C=C\C/C=C\CCCCCCCC(=O)O[C@H](COC(=O)CCC/C=C\C[C@H]1[C@@H](O)CC(=O)[C@@H]1/C=C/[C@@H](O)CCCCC)COP(=O)(O)OC[C@@H](O)CO. The normalized spacial score (nSPS) is 20.1. The molecular weight excluding hydrogens is 767 g/mol. The van der Waals surface area contributed by atoms with Crippen molar-refractivity contribution in [3.05, 3.63) is 48.6 Å². The smallest absolute Gasteiger partial charge is 0.462 e. The number of rotatable bonds is 36. The summed E-state index contributed by atoms with van der Waals surface area (Å²) in [7, 11) is -4.69. The first-order valence-electron chi connectivity index (χ1n) is 21.7. The summed E-state index contributed by atoms with van der Waals surface area (Å²) < 4.78 is 32.6. The molecule has 14 heteroatoms. The van der Waals surface area contributed by atoms with Crippen LogP contribution in [-0.4, -0.2) is 93.9 Å². The molecule has 7 atom stereocenters. The van der Waals surface area contributed by atoms with Gasteiger partial charge < -0.3 is 34.8 Å². The maximum atomic E-state index is 12.6. The predicted molar refractivity (Wildman–Crippen MR) is 225 cm³/mol. The number of phosphoric acid groups is 1.